The van der Waals surface area contributed by atoms with Gasteiger partial charge in [0.25, 0.3) is 11.1 Å². The van der Waals surface area contributed by atoms with Crippen molar-refractivity contribution in [3.8, 4) is 5.75 Å². The average molecular weight is 281 g/mol. The first-order valence-electron chi connectivity index (χ1n) is 5.87. The molecule has 1 aromatic rings. The average Bonchev–Trinajstić information content (AvgIpc) is 2.84. The number of nitrogens with two attached hydrogens (primary N) is 1. The maximum absolute atomic E-state index is 11.5. The van der Waals surface area contributed by atoms with Gasteiger partial charge in [-0.3, -0.25) is 15.0 Å². The normalized spacial score (nSPS) is 14.6. The van der Waals surface area contributed by atoms with Crippen molar-refractivity contribution in [3.63, 3.8) is 0 Å². The number of benzene rings is 1. The van der Waals surface area contributed by atoms with Gasteiger partial charge in [-0.1, -0.05) is 23.9 Å². The number of carbonyl (C=O) groups excluding carboxylic acids is 2. The fourth-order valence-corrected chi connectivity index (χ4v) is 2.60. The summed E-state index contributed by atoms with van der Waals surface area (Å²) in [5.41, 5.74) is 2.46. The quantitative estimate of drug-likeness (QED) is 0.474. The van der Waals surface area contributed by atoms with Crippen LogP contribution in [-0.2, 0) is 0 Å². The van der Waals surface area contributed by atoms with E-state index in [0.29, 0.717) is 24.5 Å². The maximum Gasteiger partial charge on any atom is 0.281 e. The van der Waals surface area contributed by atoms with Gasteiger partial charge in [0, 0.05) is 12.3 Å². The van der Waals surface area contributed by atoms with Gasteiger partial charge in [-0.2, -0.15) is 0 Å². The van der Waals surface area contributed by atoms with E-state index < -0.39 is 5.91 Å². The van der Waals surface area contributed by atoms with Gasteiger partial charge in [-0.15, -0.1) is 0 Å². The molecule has 0 aliphatic carbocycles. The summed E-state index contributed by atoms with van der Waals surface area (Å²) in [6.45, 7) is 1.61. The highest BCUT2D eigenvalue weighted by molar-refractivity contribution is 8.13. The zero-order chi connectivity index (χ0) is 13.7. The molecule has 0 bridgehead atoms. The Labute approximate surface area is 115 Å². The molecule has 1 saturated heterocycles. The number of nitrogens with one attached hydrogen (secondary N) is 1. The Hall–Kier alpha value is -1.73. The van der Waals surface area contributed by atoms with Crippen LogP contribution in [0, 0.1) is 0 Å². The van der Waals surface area contributed by atoms with E-state index in [4.69, 9.17) is 10.6 Å². The number of nitrogen functional groups attached to an aromatic ring is 1. The van der Waals surface area contributed by atoms with Crippen molar-refractivity contribution in [1.82, 2.24) is 10.3 Å². The molecule has 0 spiro atoms. The van der Waals surface area contributed by atoms with Crippen LogP contribution in [0.4, 0.5) is 4.79 Å². The molecule has 7 heteroatoms. The molecule has 1 aromatic carbocycles. The molecule has 19 heavy (non-hydrogen) atoms. The molecule has 3 N–H and O–H groups in total. The van der Waals surface area contributed by atoms with E-state index in [9.17, 15) is 9.59 Å². The van der Waals surface area contributed by atoms with Crippen LogP contribution in [0.5, 0.6) is 5.75 Å². The molecular weight excluding hydrogens is 266 g/mol. The summed E-state index contributed by atoms with van der Waals surface area (Å²) in [5, 5.41) is 0.0802. The number of hydrogen-bond donors (Lipinski definition) is 2. The van der Waals surface area contributed by atoms with E-state index >= 15 is 0 Å². The molecule has 1 aliphatic heterocycles. The molecule has 1 heterocycles. The lowest BCUT2D eigenvalue weighted by Crippen LogP contribution is -2.31. The van der Waals surface area contributed by atoms with Crippen LogP contribution in [0.3, 0.4) is 0 Å². The Morgan fingerprint density at radius 2 is 2.26 bits per heavy atom. The lowest BCUT2D eigenvalue weighted by Gasteiger charge is -2.16. The highest BCUT2D eigenvalue weighted by Gasteiger charge is 2.20. The lowest BCUT2D eigenvalue weighted by molar-refractivity contribution is 0.0949. The van der Waals surface area contributed by atoms with Crippen LogP contribution in [0.15, 0.2) is 24.3 Å². The highest BCUT2D eigenvalue weighted by Crippen LogP contribution is 2.19. The summed E-state index contributed by atoms with van der Waals surface area (Å²) in [7, 11) is 0. The molecule has 0 unspecified atom stereocenters. The second-order valence-corrected chi connectivity index (χ2v) is 4.97. The van der Waals surface area contributed by atoms with Crippen molar-refractivity contribution in [1.29, 1.82) is 0 Å². The third kappa shape index (κ3) is 3.39. The Bertz CT molecular complexity index is 481. The van der Waals surface area contributed by atoms with Crippen LogP contribution >= 0.6 is 11.8 Å². The van der Waals surface area contributed by atoms with Gasteiger partial charge in [0.2, 0.25) is 0 Å². The molecule has 6 nitrogen and oxygen atoms in total. The number of hydrazine groups is 1. The second kappa shape index (κ2) is 6.44. The summed E-state index contributed by atoms with van der Waals surface area (Å²) < 4.78 is 5.55. The molecule has 0 atom stereocenters. The lowest BCUT2D eigenvalue weighted by atomic mass is 10.2. The Balaban J connectivity index is 1.92. The molecule has 2 rings (SSSR count). The van der Waals surface area contributed by atoms with Gasteiger partial charge in [0.15, 0.2) is 0 Å². The molecule has 0 radical (unpaired) electrons. The van der Waals surface area contributed by atoms with Gasteiger partial charge >= 0.3 is 0 Å². The van der Waals surface area contributed by atoms with Gasteiger partial charge in [-0.25, -0.2) is 5.84 Å². The van der Waals surface area contributed by atoms with E-state index in [1.807, 2.05) is 0 Å². The van der Waals surface area contributed by atoms with Gasteiger partial charge in [0.1, 0.15) is 12.4 Å². The second-order valence-electron chi connectivity index (χ2n) is 3.92. The highest BCUT2D eigenvalue weighted by atomic mass is 32.2. The van der Waals surface area contributed by atoms with Crippen molar-refractivity contribution < 1.29 is 14.3 Å². The molecule has 1 fully saturated rings. The number of rotatable bonds is 5. The maximum atomic E-state index is 11.5. The van der Waals surface area contributed by atoms with Gasteiger partial charge < -0.3 is 9.64 Å². The molecule has 0 aromatic heterocycles. The predicted octanol–water partition coefficient (Wildman–Crippen LogP) is 0.838. The molecular formula is C12H15N3O3S. The SMILES string of the molecule is NNC(=O)c1ccccc1OCCN1CCSC1=O. The smallest absolute Gasteiger partial charge is 0.281 e. The summed E-state index contributed by atoms with van der Waals surface area (Å²) in [6.07, 6.45) is 0. The van der Waals surface area contributed by atoms with Crippen LogP contribution in [0.1, 0.15) is 10.4 Å². The largest absolute Gasteiger partial charge is 0.491 e. The molecule has 0 saturated carbocycles. The van der Waals surface area contributed by atoms with E-state index in [-0.39, 0.29) is 5.24 Å². The van der Waals surface area contributed by atoms with Crippen LogP contribution < -0.4 is 16.0 Å². The number of amides is 2. The minimum absolute atomic E-state index is 0.0802. The van der Waals surface area contributed by atoms with Crippen LogP contribution in [0.25, 0.3) is 0 Å². The number of carbonyl (C=O) groups is 2. The van der Waals surface area contributed by atoms with Crippen molar-refractivity contribution in [2.24, 2.45) is 5.84 Å². The van der Waals surface area contributed by atoms with Crippen LogP contribution in [-0.4, -0.2) is 41.5 Å². The monoisotopic (exact) mass is 281 g/mol. The summed E-state index contributed by atoms with van der Waals surface area (Å²) in [5.74, 6) is 6.00. The van der Waals surface area contributed by atoms with Crippen molar-refractivity contribution in [3.05, 3.63) is 29.8 Å². The predicted molar refractivity (Wildman–Crippen MR) is 73.0 cm³/mol. The summed E-state index contributed by atoms with van der Waals surface area (Å²) in [6, 6.07) is 6.84. The van der Waals surface area contributed by atoms with Crippen molar-refractivity contribution in [2.45, 2.75) is 0 Å². The van der Waals surface area contributed by atoms with Crippen molar-refractivity contribution in [2.75, 3.05) is 25.4 Å². The fourth-order valence-electron chi connectivity index (χ4n) is 1.75. The number of ether oxygens (including phenoxy) is 1. The molecule has 102 valence electrons. The van der Waals surface area contributed by atoms with Gasteiger partial charge in [-0.05, 0) is 12.1 Å². The number of nitrogens with zero attached hydrogens (tertiary/aromatic N) is 1. The zero-order valence-electron chi connectivity index (χ0n) is 10.3. The third-order valence-electron chi connectivity index (χ3n) is 2.73. The standard InChI is InChI=1S/C12H15N3O3S/c13-14-11(16)9-3-1-2-4-10(9)18-7-5-15-6-8-19-12(15)17/h1-4H,5-8,13H2,(H,14,16). The number of para-hydroxylation sites is 1. The third-order valence-corrected chi connectivity index (χ3v) is 3.62. The Morgan fingerprint density at radius 3 is 2.95 bits per heavy atom. The topological polar surface area (TPSA) is 84.7 Å². The van der Waals surface area contributed by atoms with Gasteiger partial charge in [0.05, 0.1) is 12.1 Å². The molecule has 1 aliphatic rings. The Morgan fingerprint density at radius 1 is 1.47 bits per heavy atom. The van der Waals surface area contributed by atoms with Crippen LogP contribution in [0.2, 0.25) is 0 Å². The molecule has 2 amide bonds. The minimum Gasteiger partial charge on any atom is -0.491 e. The number of hydrogen-bond acceptors (Lipinski definition) is 5. The van der Waals surface area contributed by atoms with Crippen molar-refractivity contribution >= 4 is 22.9 Å². The first kappa shape index (κ1) is 13.7. The fraction of sp³-hybridized carbons (Fsp3) is 0.333. The summed E-state index contributed by atoms with van der Waals surface area (Å²) >= 11 is 1.31. The van der Waals surface area contributed by atoms with E-state index in [1.165, 1.54) is 11.8 Å². The van der Waals surface area contributed by atoms with E-state index in [2.05, 4.69) is 5.43 Å². The summed E-state index contributed by atoms with van der Waals surface area (Å²) in [4.78, 5) is 24.6. The first-order chi connectivity index (χ1) is 9.22. The minimum atomic E-state index is -0.400. The number of thioether (sulfide) groups is 1. The van der Waals surface area contributed by atoms with E-state index in [0.717, 1.165) is 12.3 Å². The zero-order valence-corrected chi connectivity index (χ0v) is 11.1. The van der Waals surface area contributed by atoms with E-state index in [1.54, 1.807) is 29.2 Å². The first-order valence-corrected chi connectivity index (χ1v) is 6.85. The Kier molecular flexibility index (Phi) is 4.64.